The first-order valence-corrected chi connectivity index (χ1v) is 6.09. The van der Waals surface area contributed by atoms with Crippen LogP contribution in [0.5, 0.6) is 0 Å². The number of ether oxygens (including phenoxy) is 1. The standard InChI is InChI=1S/C12H21N3O2/c1-4-17-6-5-11(16)7-12-13-9-14-15(12)8-10(2)3/h9-10H,4-8H2,1-3H3. The summed E-state index contributed by atoms with van der Waals surface area (Å²) in [6, 6.07) is 0. The van der Waals surface area contributed by atoms with Crippen molar-refractivity contribution in [1.82, 2.24) is 14.8 Å². The maximum atomic E-state index is 11.7. The number of ketones is 1. The van der Waals surface area contributed by atoms with Gasteiger partial charge in [-0.2, -0.15) is 5.10 Å². The van der Waals surface area contributed by atoms with Crippen LogP contribution in [0.4, 0.5) is 0 Å². The zero-order valence-electron chi connectivity index (χ0n) is 10.8. The molecule has 0 fully saturated rings. The van der Waals surface area contributed by atoms with Crippen molar-refractivity contribution in [3.63, 3.8) is 0 Å². The minimum absolute atomic E-state index is 0.149. The molecule has 0 radical (unpaired) electrons. The lowest BCUT2D eigenvalue weighted by Crippen LogP contribution is -2.15. The zero-order chi connectivity index (χ0) is 12.7. The fourth-order valence-electron chi connectivity index (χ4n) is 1.52. The molecule has 0 aromatic carbocycles. The number of Topliss-reactive ketones (excluding diaryl/α,β-unsaturated/α-hetero) is 1. The van der Waals surface area contributed by atoms with Gasteiger partial charge in [0.05, 0.1) is 13.0 Å². The van der Waals surface area contributed by atoms with Gasteiger partial charge in [0.1, 0.15) is 17.9 Å². The van der Waals surface area contributed by atoms with Gasteiger partial charge >= 0.3 is 0 Å². The lowest BCUT2D eigenvalue weighted by molar-refractivity contribution is -0.119. The summed E-state index contributed by atoms with van der Waals surface area (Å²) in [7, 11) is 0. The summed E-state index contributed by atoms with van der Waals surface area (Å²) in [6.45, 7) is 8.09. The second kappa shape index (κ2) is 7.17. The average Bonchev–Trinajstić information content (AvgIpc) is 2.65. The maximum Gasteiger partial charge on any atom is 0.142 e. The van der Waals surface area contributed by atoms with E-state index in [-0.39, 0.29) is 5.78 Å². The summed E-state index contributed by atoms with van der Waals surface area (Å²) in [5.41, 5.74) is 0. The quantitative estimate of drug-likeness (QED) is 0.645. The molecule has 1 heterocycles. The van der Waals surface area contributed by atoms with E-state index in [9.17, 15) is 4.79 Å². The summed E-state index contributed by atoms with van der Waals surface area (Å²) in [4.78, 5) is 15.8. The number of carbonyl (C=O) groups is 1. The maximum absolute atomic E-state index is 11.7. The third-order valence-corrected chi connectivity index (χ3v) is 2.32. The van der Waals surface area contributed by atoms with E-state index in [2.05, 4.69) is 23.9 Å². The van der Waals surface area contributed by atoms with Crippen LogP contribution in [0.25, 0.3) is 0 Å². The van der Waals surface area contributed by atoms with Gasteiger partial charge in [0.2, 0.25) is 0 Å². The van der Waals surface area contributed by atoms with Crippen molar-refractivity contribution in [2.75, 3.05) is 13.2 Å². The van der Waals surface area contributed by atoms with Gasteiger partial charge in [0, 0.05) is 19.6 Å². The molecule has 0 amide bonds. The second-order valence-electron chi connectivity index (χ2n) is 4.41. The summed E-state index contributed by atoms with van der Waals surface area (Å²) in [5.74, 6) is 1.39. The summed E-state index contributed by atoms with van der Waals surface area (Å²) >= 11 is 0. The Bertz CT molecular complexity index is 347. The van der Waals surface area contributed by atoms with Gasteiger partial charge in [0.25, 0.3) is 0 Å². The Morgan fingerprint density at radius 1 is 1.53 bits per heavy atom. The highest BCUT2D eigenvalue weighted by Gasteiger charge is 2.10. The van der Waals surface area contributed by atoms with Crippen LogP contribution in [0.2, 0.25) is 0 Å². The third-order valence-electron chi connectivity index (χ3n) is 2.32. The molecule has 0 aliphatic carbocycles. The smallest absolute Gasteiger partial charge is 0.142 e. The normalized spacial score (nSPS) is 11.1. The molecule has 0 unspecified atom stereocenters. The molecule has 0 bridgehead atoms. The van der Waals surface area contributed by atoms with Gasteiger partial charge in [-0.05, 0) is 12.8 Å². The molecule has 1 rings (SSSR count). The molecular weight excluding hydrogens is 218 g/mol. The van der Waals surface area contributed by atoms with Gasteiger partial charge < -0.3 is 4.74 Å². The summed E-state index contributed by atoms with van der Waals surface area (Å²) in [6.07, 6.45) is 2.30. The van der Waals surface area contributed by atoms with Gasteiger partial charge in [-0.25, -0.2) is 9.67 Å². The highest BCUT2D eigenvalue weighted by molar-refractivity contribution is 5.80. The molecule has 0 spiro atoms. The van der Waals surface area contributed by atoms with E-state index < -0.39 is 0 Å². The third kappa shape index (κ3) is 5.08. The van der Waals surface area contributed by atoms with Crippen LogP contribution in [0.1, 0.15) is 33.0 Å². The SMILES string of the molecule is CCOCCC(=O)Cc1ncnn1CC(C)C. The van der Waals surface area contributed by atoms with Crippen molar-refractivity contribution < 1.29 is 9.53 Å². The highest BCUT2D eigenvalue weighted by atomic mass is 16.5. The molecule has 1 aromatic rings. The molecule has 0 saturated carbocycles. The number of hydrogen-bond acceptors (Lipinski definition) is 4. The second-order valence-corrected chi connectivity index (χ2v) is 4.41. The molecular formula is C12H21N3O2. The van der Waals surface area contributed by atoms with Crippen LogP contribution >= 0.6 is 0 Å². The van der Waals surface area contributed by atoms with Crippen LogP contribution in [0, 0.1) is 5.92 Å². The Kier molecular flexibility index (Phi) is 5.83. The molecule has 17 heavy (non-hydrogen) atoms. The summed E-state index contributed by atoms with van der Waals surface area (Å²) in [5, 5.41) is 4.13. The van der Waals surface area contributed by atoms with Crippen molar-refractivity contribution in [3.8, 4) is 0 Å². The van der Waals surface area contributed by atoms with Gasteiger partial charge in [0.15, 0.2) is 0 Å². The van der Waals surface area contributed by atoms with E-state index >= 15 is 0 Å². The van der Waals surface area contributed by atoms with Crippen molar-refractivity contribution in [3.05, 3.63) is 12.2 Å². The Labute approximate surface area is 102 Å². The number of aromatic nitrogens is 3. The van der Waals surface area contributed by atoms with Crippen LogP contribution in [-0.4, -0.2) is 33.8 Å². The molecule has 0 aliphatic heterocycles. The van der Waals surface area contributed by atoms with Crippen molar-refractivity contribution >= 4 is 5.78 Å². The molecule has 0 saturated heterocycles. The van der Waals surface area contributed by atoms with E-state index in [4.69, 9.17) is 4.74 Å². The Hall–Kier alpha value is -1.23. The fourth-order valence-corrected chi connectivity index (χ4v) is 1.52. The monoisotopic (exact) mass is 239 g/mol. The lowest BCUT2D eigenvalue weighted by atomic mass is 10.2. The Balaban J connectivity index is 2.44. The van der Waals surface area contributed by atoms with Crippen LogP contribution in [0.3, 0.4) is 0 Å². The zero-order valence-corrected chi connectivity index (χ0v) is 10.8. The lowest BCUT2D eigenvalue weighted by Gasteiger charge is -2.08. The number of hydrogen-bond donors (Lipinski definition) is 0. The summed E-state index contributed by atoms with van der Waals surface area (Å²) < 4.78 is 6.96. The van der Waals surface area contributed by atoms with Crippen LogP contribution in [0.15, 0.2) is 6.33 Å². The highest BCUT2D eigenvalue weighted by Crippen LogP contribution is 2.03. The van der Waals surface area contributed by atoms with E-state index in [1.807, 2.05) is 11.6 Å². The Morgan fingerprint density at radius 3 is 2.94 bits per heavy atom. The first kappa shape index (κ1) is 13.8. The van der Waals surface area contributed by atoms with Crippen molar-refractivity contribution in [2.24, 2.45) is 5.92 Å². The molecule has 0 aliphatic rings. The number of carbonyl (C=O) groups excluding carboxylic acids is 1. The first-order chi connectivity index (χ1) is 8.13. The minimum Gasteiger partial charge on any atom is -0.381 e. The van der Waals surface area contributed by atoms with Gasteiger partial charge in [-0.1, -0.05) is 13.8 Å². The molecule has 96 valence electrons. The van der Waals surface area contributed by atoms with E-state index in [0.717, 1.165) is 12.4 Å². The Morgan fingerprint density at radius 2 is 2.29 bits per heavy atom. The predicted octanol–water partition coefficient (Wildman–Crippen LogP) is 1.47. The van der Waals surface area contributed by atoms with Crippen molar-refractivity contribution in [1.29, 1.82) is 0 Å². The van der Waals surface area contributed by atoms with E-state index in [1.165, 1.54) is 6.33 Å². The molecule has 0 atom stereocenters. The van der Waals surface area contributed by atoms with E-state index in [1.54, 1.807) is 0 Å². The van der Waals surface area contributed by atoms with Gasteiger partial charge in [-0.15, -0.1) is 0 Å². The van der Waals surface area contributed by atoms with Crippen LogP contribution in [-0.2, 0) is 22.5 Å². The fraction of sp³-hybridized carbons (Fsp3) is 0.750. The van der Waals surface area contributed by atoms with Crippen molar-refractivity contribution in [2.45, 2.75) is 40.2 Å². The predicted molar refractivity (Wildman–Crippen MR) is 64.7 cm³/mol. The first-order valence-electron chi connectivity index (χ1n) is 6.09. The average molecular weight is 239 g/mol. The topological polar surface area (TPSA) is 57.0 Å². The molecule has 1 aromatic heterocycles. The number of nitrogens with zero attached hydrogens (tertiary/aromatic N) is 3. The largest absolute Gasteiger partial charge is 0.381 e. The molecule has 5 nitrogen and oxygen atoms in total. The van der Waals surface area contributed by atoms with Gasteiger partial charge in [-0.3, -0.25) is 4.79 Å². The number of rotatable bonds is 8. The van der Waals surface area contributed by atoms with Crippen LogP contribution < -0.4 is 0 Å². The minimum atomic E-state index is 0.149. The molecule has 5 heteroatoms. The molecule has 0 N–H and O–H groups in total. The van der Waals surface area contributed by atoms with E-state index in [0.29, 0.717) is 32.0 Å².